The Balaban J connectivity index is 1.82. The molecule has 2 aromatic rings. The second kappa shape index (κ2) is 7.11. The molecule has 1 aliphatic heterocycles. The molecular weight excluding hydrogens is 321 g/mol. The molecule has 0 aliphatic carbocycles. The van der Waals surface area contributed by atoms with Gasteiger partial charge in [0.25, 0.3) is 0 Å². The monoisotopic (exact) mass is 337 g/mol. The van der Waals surface area contributed by atoms with Crippen LogP contribution in [0.3, 0.4) is 0 Å². The molecule has 1 aromatic carbocycles. The second-order valence-corrected chi connectivity index (χ2v) is 6.08. The van der Waals surface area contributed by atoms with Gasteiger partial charge >= 0.3 is 0 Å². The van der Waals surface area contributed by atoms with Crippen molar-refractivity contribution in [3.63, 3.8) is 0 Å². The van der Waals surface area contributed by atoms with Crippen LogP contribution in [0.15, 0.2) is 24.4 Å². The first kappa shape index (κ1) is 15.3. The lowest BCUT2D eigenvalue weighted by atomic mass is 10.2. The quantitative estimate of drug-likeness (QED) is 0.904. The summed E-state index contributed by atoms with van der Waals surface area (Å²) >= 11 is 12.3. The maximum absolute atomic E-state index is 6.16. The average Bonchev–Trinajstić information content (AvgIpc) is 2.81. The van der Waals surface area contributed by atoms with Crippen molar-refractivity contribution in [3.05, 3.63) is 34.4 Å². The molecule has 1 fully saturated rings. The van der Waals surface area contributed by atoms with Gasteiger partial charge in [0.05, 0.1) is 21.9 Å². The lowest BCUT2D eigenvalue weighted by Gasteiger charge is -2.21. The summed E-state index contributed by atoms with van der Waals surface area (Å²) in [5.41, 5.74) is 0.598. The van der Waals surface area contributed by atoms with E-state index in [9.17, 15) is 0 Å². The molecule has 0 bridgehead atoms. The Labute approximate surface area is 139 Å². The largest absolute Gasteiger partial charge is 0.355 e. The van der Waals surface area contributed by atoms with E-state index in [1.807, 2.05) is 0 Å². The number of halogens is 2. The Morgan fingerprint density at radius 2 is 1.68 bits per heavy atom. The van der Waals surface area contributed by atoms with Crippen molar-refractivity contribution in [1.29, 1.82) is 0 Å². The van der Waals surface area contributed by atoms with Crippen LogP contribution in [0.5, 0.6) is 0 Å². The van der Waals surface area contributed by atoms with Crippen molar-refractivity contribution < 1.29 is 0 Å². The SMILES string of the molecule is Clc1cccc(Cl)c1Nc1nncc(N2CCCCCC2)n1. The number of hydrogen-bond acceptors (Lipinski definition) is 5. The topological polar surface area (TPSA) is 53.9 Å². The third-order valence-electron chi connectivity index (χ3n) is 3.68. The maximum atomic E-state index is 6.16. The van der Waals surface area contributed by atoms with E-state index in [1.54, 1.807) is 24.4 Å². The van der Waals surface area contributed by atoms with Gasteiger partial charge in [0.2, 0.25) is 5.95 Å². The zero-order valence-corrected chi connectivity index (χ0v) is 13.6. The van der Waals surface area contributed by atoms with Crippen LogP contribution in [-0.2, 0) is 0 Å². The number of rotatable bonds is 3. The van der Waals surface area contributed by atoms with Crippen molar-refractivity contribution in [2.24, 2.45) is 0 Å². The maximum Gasteiger partial charge on any atom is 0.249 e. The van der Waals surface area contributed by atoms with Crippen LogP contribution in [0.4, 0.5) is 17.5 Å². The third kappa shape index (κ3) is 3.59. The van der Waals surface area contributed by atoms with Crippen molar-refractivity contribution in [1.82, 2.24) is 15.2 Å². The number of aromatic nitrogens is 3. The van der Waals surface area contributed by atoms with Crippen LogP contribution in [0, 0.1) is 0 Å². The lowest BCUT2D eigenvalue weighted by molar-refractivity contribution is 0.726. The van der Waals surface area contributed by atoms with Crippen LogP contribution in [0.1, 0.15) is 25.7 Å². The highest BCUT2D eigenvalue weighted by Gasteiger charge is 2.13. The molecule has 5 nitrogen and oxygen atoms in total. The molecule has 2 heterocycles. The minimum atomic E-state index is 0.400. The first-order valence-electron chi connectivity index (χ1n) is 7.40. The summed E-state index contributed by atoms with van der Waals surface area (Å²) < 4.78 is 0. The van der Waals surface area contributed by atoms with Crippen LogP contribution in [0.2, 0.25) is 10.0 Å². The Morgan fingerprint density at radius 1 is 1.00 bits per heavy atom. The van der Waals surface area contributed by atoms with Gasteiger partial charge in [0.15, 0.2) is 5.82 Å². The zero-order valence-electron chi connectivity index (χ0n) is 12.1. The number of hydrogen-bond donors (Lipinski definition) is 1. The highest BCUT2D eigenvalue weighted by Crippen LogP contribution is 2.31. The van der Waals surface area contributed by atoms with E-state index in [0.717, 1.165) is 18.9 Å². The van der Waals surface area contributed by atoms with Gasteiger partial charge in [-0.15, -0.1) is 5.10 Å². The molecule has 0 saturated carbocycles. The van der Waals surface area contributed by atoms with Crippen molar-refractivity contribution >= 4 is 40.7 Å². The molecule has 0 radical (unpaired) electrons. The average molecular weight is 338 g/mol. The van der Waals surface area contributed by atoms with E-state index in [-0.39, 0.29) is 0 Å². The summed E-state index contributed by atoms with van der Waals surface area (Å²) in [4.78, 5) is 6.79. The molecule has 1 saturated heterocycles. The smallest absolute Gasteiger partial charge is 0.249 e. The van der Waals surface area contributed by atoms with E-state index < -0.39 is 0 Å². The highest BCUT2D eigenvalue weighted by atomic mass is 35.5. The molecule has 0 unspecified atom stereocenters. The Kier molecular flexibility index (Phi) is 4.95. The van der Waals surface area contributed by atoms with Crippen LogP contribution in [-0.4, -0.2) is 28.3 Å². The molecule has 0 spiro atoms. The first-order valence-corrected chi connectivity index (χ1v) is 8.15. The number of nitrogens with one attached hydrogen (secondary N) is 1. The highest BCUT2D eigenvalue weighted by molar-refractivity contribution is 6.39. The van der Waals surface area contributed by atoms with E-state index in [2.05, 4.69) is 25.4 Å². The van der Waals surface area contributed by atoms with E-state index in [0.29, 0.717) is 21.7 Å². The van der Waals surface area contributed by atoms with Gasteiger partial charge in [-0.25, -0.2) is 0 Å². The van der Waals surface area contributed by atoms with Gasteiger partial charge in [-0.1, -0.05) is 42.1 Å². The molecule has 116 valence electrons. The molecular formula is C15H17Cl2N5. The summed E-state index contributed by atoms with van der Waals surface area (Å²) in [6.45, 7) is 2.01. The summed E-state index contributed by atoms with van der Waals surface area (Å²) in [6.07, 6.45) is 6.61. The molecule has 22 heavy (non-hydrogen) atoms. The molecule has 0 atom stereocenters. The fourth-order valence-electron chi connectivity index (χ4n) is 2.53. The number of para-hydroxylation sites is 1. The van der Waals surface area contributed by atoms with Crippen molar-refractivity contribution in [3.8, 4) is 0 Å². The predicted octanol–water partition coefficient (Wildman–Crippen LogP) is 4.30. The van der Waals surface area contributed by atoms with Gasteiger partial charge in [0.1, 0.15) is 0 Å². The summed E-state index contributed by atoms with van der Waals surface area (Å²) in [5.74, 6) is 1.24. The summed E-state index contributed by atoms with van der Waals surface area (Å²) in [5, 5.41) is 12.2. The van der Waals surface area contributed by atoms with Gasteiger partial charge in [-0.05, 0) is 25.0 Å². The van der Waals surface area contributed by atoms with Gasteiger partial charge in [0, 0.05) is 13.1 Å². The molecule has 1 aromatic heterocycles. The molecule has 7 heteroatoms. The van der Waals surface area contributed by atoms with Crippen LogP contribution >= 0.6 is 23.2 Å². The second-order valence-electron chi connectivity index (χ2n) is 5.26. The molecule has 0 amide bonds. The van der Waals surface area contributed by atoms with Gasteiger partial charge in [-0.3, -0.25) is 0 Å². The molecule has 3 rings (SSSR count). The fourth-order valence-corrected chi connectivity index (χ4v) is 3.02. The van der Waals surface area contributed by atoms with E-state index >= 15 is 0 Å². The zero-order chi connectivity index (χ0) is 15.4. The predicted molar refractivity (Wildman–Crippen MR) is 90.3 cm³/mol. The van der Waals surface area contributed by atoms with Crippen molar-refractivity contribution in [2.45, 2.75) is 25.7 Å². The van der Waals surface area contributed by atoms with Gasteiger partial charge in [-0.2, -0.15) is 10.1 Å². The summed E-state index contributed by atoms with van der Waals surface area (Å²) in [7, 11) is 0. The Morgan fingerprint density at radius 3 is 2.36 bits per heavy atom. The van der Waals surface area contributed by atoms with Crippen LogP contribution in [0.25, 0.3) is 0 Å². The minimum Gasteiger partial charge on any atom is -0.355 e. The fraction of sp³-hybridized carbons (Fsp3) is 0.400. The minimum absolute atomic E-state index is 0.400. The van der Waals surface area contributed by atoms with E-state index in [1.165, 1.54) is 25.7 Å². The standard InChI is InChI=1S/C15H17Cl2N5/c16-11-6-5-7-12(17)14(11)20-15-19-13(10-18-21-15)22-8-3-1-2-4-9-22/h5-7,10H,1-4,8-9H2,(H,19,20,21). The summed E-state index contributed by atoms with van der Waals surface area (Å²) in [6, 6.07) is 5.33. The Bertz CT molecular complexity index is 621. The van der Waals surface area contributed by atoms with Crippen molar-refractivity contribution in [2.75, 3.05) is 23.3 Å². The normalized spacial score (nSPS) is 15.5. The number of nitrogens with zero attached hydrogens (tertiary/aromatic N) is 4. The third-order valence-corrected chi connectivity index (χ3v) is 4.31. The van der Waals surface area contributed by atoms with E-state index in [4.69, 9.17) is 23.2 Å². The van der Waals surface area contributed by atoms with Crippen LogP contribution < -0.4 is 10.2 Å². The lowest BCUT2D eigenvalue weighted by Crippen LogP contribution is -2.25. The number of benzene rings is 1. The van der Waals surface area contributed by atoms with Gasteiger partial charge < -0.3 is 10.2 Å². The Hall–Kier alpha value is -1.59. The number of anilines is 3. The first-order chi connectivity index (χ1) is 10.7. The molecule has 1 N–H and O–H groups in total. The molecule has 1 aliphatic rings.